The minimum atomic E-state index is 0.372. The van der Waals surface area contributed by atoms with Gasteiger partial charge in [0, 0.05) is 26.2 Å². The molecule has 0 fully saturated rings. The van der Waals surface area contributed by atoms with Gasteiger partial charge in [-0.2, -0.15) is 0 Å². The van der Waals surface area contributed by atoms with Crippen molar-refractivity contribution in [3.05, 3.63) is 12.2 Å². The van der Waals surface area contributed by atoms with Crippen LogP contribution in [0.15, 0.2) is 6.33 Å². The molecule has 2 rings (SSSR count). The van der Waals surface area contributed by atoms with Crippen molar-refractivity contribution >= 4 is 0 Å². The van der Waals surface area contributed by atoms with Crippen LogP contribution in [0.1, 0.15) is 46.4 Å². The van der Waals surface area contributed by atoms with Crippen molar-refractivity contribution in [2.45, 2.75) is 53.6 Å². The van der Waals surface area contributed by atoms with Gasteiger partial charge in [-0.25, -0.2) is 0 Å². The number of rotatable bonds is 8. The van der Waals surface area contributed by atoms with E-state index >= 15 is 0 Å². The molecule has 0 atom stereocenters. The molecule has 5 heteroatoms. The quantitative estimate of drug-likeness (QED) is 0.798. The number of fused-ring (bicyclic) bond motifs is 1. The second-order valence-corrected chi connectivity index (χ2v) is 6.88. The Morgan fingerprint density at radius 3 is 2.71 bits per heavy atom. The van der Waals surface area contributed by atoms with Crippen LogP contribution in [-0.4, -0.2) is 45.8 Å². The van der Waals surface area contributed by atoms with E-state index in [1.54, 1.807) is 0 Å². The van der Waals surface area contributed by atoms with Crippen LogP contribution in [0.25, 0.3) is 0 Å². The van der Waals surface area contributed by atoms with Crippen molar-refractivity contribution in [1.82, 2.24) is 25.0 Å². The predicted molar refractivity (Wildman–Crippen MR) is 86.0 cm³/mol. The molecule has 0 radical (unpaired) electrons. The van der Waals surface area contributed by atoms with Gasteiger partial charge in [-0.05, 0) is 30.7 Å². The van der Waals surface area contributed by atoms with Crippen LogP contribution in [0, 0.1) is 11.3 Å². The first-order valence-electron chi connectivity index (χ1n) is 8.38. The molecule has 5 nitrogen and oxygen atoms in total. The van der Waals surface area contributed by atoms with Crippen molar-refractivity contribution in [2.75, 3.05) is 26.2 Å². The first kappa shape index (κ1) is 16.4. The summed E-state index contributed by atoms with van der Waals surface area (Å²) in [4.78, 5) is 2.55. The zero-order chi connectivity index (χ0) is 15.3. The third kappa shape index (κ3) is 4.27. The monoisotopic (exact) mass is 293 g/mol. The molecule has 0 aromatic carbocycles. The average Bonchev–Trinajstić information content (AvgIpc) is 2.93. The summed E-state index contributed by atoms with van der Waals surface area (Å²) in [6.07, 6.45) is 4.29. The second-order valence-electron chi connectivity index (χ2n) is 6.88. The van der Waals surface area contributed by atoms with Crippen molar-refractivity contribution in [3.63, 3.8) is 0 Å². The van der Waals surface area contributed by atoms with E-state index in [0.717, 1.165) is 45.1 Å². The van der Waals surface area contributed by atoms with Crippen molar-refractivity contribution in [2.24, 2.45) is 11.3 Å². The fourth-order valence-electron chi connectivity index (χ4n) is 3.13. The molecule has 0 spiro atoms. The normalized spacial score (nSPS) is 16.4. The van der Waals surface area contributed by atoms with Gasteiger partial charge in [-0.3, -0.25) is 4.90 Å². The van der Waals surface area contributed by atoms with Crippen LogP contribution in [-0.2, 0) is 13.1 Å². The maximum absolute atomic E-state index is 4.23. The van der Waals surface area contributed by atoms with Gasteiger partial charge in [0.2, 0.25) is 0 Å². The first-order valence-corrected chi connectivity index (χ1v) is 8.38. The van der Waals surface area contributed by atoms with Crippen LogP contribution < -0.4 is 5.32 Å². The SMILES string of the molecule is CCC(CC)(CNCC(C)C)CN1CCn2cnnc2C1. The van der Waals surface area contributed by atoms with Crippen LogP contribution >= 0.6 is 0 Å². The summed E-state index contributed by atoms with van der Waals surface area (Å²) >= 11 is 0. The van der Waals surface area contributed by atoms with Gasteiger partial charge < -0.3 is 9.88 Å². The summed E-state index contributed by atoms with van der Waals surface area (Å²) in [5, 5.41) is 11.9. The minimum absolute atomic E-state index is 0.372. The van der Waals surface area contributed by atoms with E-state index in [1.165, 1.54) is 12.8 Å². The van der Waals surface area contributed by atoms with E-state index in [2.05, 4.69) is 52.7 Å². The van der Waals surface area contributed by atoms with Gasteiger partial charge in [-0.15, -0.1) is 10.2 Å². The Kier molecular flexibility index (Phi) is 5.76. The highest BCUT2D eigenvalue weighted by atomic mass is 15.3. The summed E-state index contributed by atoms with van der Waals surface area (Å²) in [6, 6.07) is 0. The number of hydrogen-bond donors (Lipinski definition) is 1. The highest BCUT2D eigenvalue weighted by molar-refractivity contribution is 4.92. The summed E-state index contributed by atoms with van der Waals surface area (Å²) < 4.78 is 2.17. The Morgan fingerprint density at radius 1 is 1.29 bits per heavy atom. The lowest BCUT2D eigenvalue weighted by molar-refractivity contribution is 0.109. The molecule has 0 unspecified atom stereocenters. The largest absolute Gasteiger partial charge is 0.316 e. The molecule has 0 saturated heterocycles. The molecule has 21 heavy (non-hydrogen) atoms. The van der Waals surface area contributed by atoms with E-state index < -0.39 is 0 Å². The molecule has 1 N–H and O–H groups in total. The van der Waals surface area contributed by atoms with E-state index in [4.69, 9.17) is 0 Å². The lowest BCUT2D eigenvalue weighted by Gasteiger charge is -2.39. The minimum Gasteiger partial charge on any atom is -0.316 e. The third-order valence-corrected chi connectivity index (χ3v) is 4.83. The molecule has 1 aliphatic heterocycles. The van der Waals surface area contributed by atoms with E-state index in [9.17, 15) is 0 Å². The van der Waals surface area contributed by atoms with E-state index in [1.807, 2.05) is 6.33 Å². The zero-order valence-electron chi connectivity index (χ0n) is 14.1. The maximum atomic E-state index is 4.23. The van der Waals surface area contributed by atoms with Crippen LogP contribution in [0.4, 0.5) is 0 Å². The Balaban J connectivity index is 1.93. The summed E-state index contributed by atoms with van der Waals surface area (Å²) in [5.74, 6) is 1.82. The Bertz CT molecular complexity index is 422. The molecule has 0 bridgehead atoms. The topological polar surface area (TPSA) is 46.0 Å². The molecular weight excluding hydrogens is 262 g/mol. The van der Waals surface area contributed by atoms with Gasteiger partial charge in [0.15, 0.2) is 0 Å². The highest BCUT2D eigenvalue weighted by Crippen LogP contribution is 2.28. The van der Waals surface area contributed by atoms with Gasteiger partial charge in [0.1, 0.15) is 12.2 Å². The highest BCUT2D eigenvalue weighted by Gasteiger charge is 2.30. The lowest BCUT2D eigenvalue weighted by atomic mass is 9.81. The number of hydrogen-bond acceptors (Lipinski definition) is 4. The third-order valence-electron chi connectivity index (χ3n) is 4.83. The second kappa shape index (κ2) is 7.36. The van der Waals surface area contributed by atoms with Gasteiger partial charge in [-0.1, -0.05) is 27.7 Å². The Morgan fingerprint density at radius 2 is 2.05 bits per heavy atom. The molecule has 0 amide bonds. The molecular formula is C16H31N5. The van der Waals surface area contributed by atoms with Crippen molar-refractivity contribution in [1.29, 1.82) is 0 Å². The fraction of sp³-hybridized carbons (Fsp3) is 0.875. The van der Waals surface area contributed by atoms with Crippen LogP contribution in [0.5, 0.6) is 0 Å². The van der Waals surface area contributed by atoms with E-state index in [-0.39, 0.29) is 0 Å². The fourth-order valence-corrected chi connectivity index (χ4v) is 3.13. The first-order chi connectivity index (χ1) is 10.1. The number of nitrogens with zero attached hydrogens (tertiary/aromatic N) is 4. The molecule has 0 saturated carbocycles. The van der Waals surface area contributed by atoms with Crippen LogP contribution in [0.2, 0.25) is 0 Å². The molecule has 120 valence electrons. The maximum Gasteiger partial charge on any atom is 0.147 e. The standard InChI is InChI=1S/C16H31N5/c1-5-16(6-2,11-17-9-14(3)4)12-20-7-8-21-13-18-19-15(21)10-20/h13-14,17H,5-12H2,1-4H3. The molecule has 0 aliphatic carbocycles. The average molecular weight is 293 g/mol. The lowest BCUT2D eigenvalue weighted by Crippen LogP contribution is -2.46. The van der Waals surface area contributed by atoms with Gasteiger partial charge >= 0.3 is 0 Å². The van der Waals surface area contributed by atoms with Gasteiger partial charge in [0.25, 0.3) is 0 Å². The Labute approximate surface area is 129 Å². The Hall–Kier alpha value is -0.940. The van der Waals surface area contributed by atoms with Crippen molar-refractivity contribution < 1.29 is 0 Å². The molecule has 1 aromatic heterocycles. The summed E-state index contributed by atoms with van der Waals surface area (Å²) in [6.45, 7) is 15.6. The summed E-state index contributed by atoms with van der Waals surface area (Å²) in [7, 11) is 0. The van der Waals surface area contributed by atoms with E-state index in [0.29, 0.717) is 11.3 Å². The zero-order valence-corrected chi connectivity index (χ0v) is 14.1. The van der Waals surface area contributed by atoms with Crippen LogP contribution in [0.3, 0.4) is 0 Å². The van der Waals surface area contributed by atoms with Gasteiger partial charge in [0.05, 0.1) is 6.54 Å². The molecule has 1 aliphatic rings. The molecule has 2 heterocycles. The van der Waals surface area contributed by atoms with Crippen molar-refractivity contribution in [3.8, 4) is 0 Å². The number of aromatic nitrogens is 3. The smallest absolute Gasteiger partial charge is 0.147 e. The number of nitrogens with one attached hydrogen (secondary N) is 1. The predicted octanol–water partition coefficient (Wildman–Crippen LogP) is 2.15. The molecule has 1 aromatic rings. The summed E-state index contributed by atoms with van der Waals surface area (Å²) in [5.41, 5.74) is 0.372.